The molecule has 2 aromatic rings. The van der Waals surface area contributed by atoms with Crippen molar-refractivity contribution in [1.29, 1.82) is 0 Å². The summed E-state index contributed by atoms with van der Waals surface area (Å²) >= 11 is 1.42. The molecule has 2 heterocycles. The molecule has 2 fully saturated rings. The lowest BCUT2D eigenvalue weighted by molar-refractivity contribution is -0.117. The number of hydrogen-bond donors (Lipinski definition) is 0. The van der Waals surface area contributed by atoms with Gasteiger partial charge in [-0.2, -0.15) is 4.99 Å². The van der Waals surface area contributed by atoms with E-state index in [2.05, 4.69) is 4.99 Å². The summed E-state index contributed by atoms with van der Waals surface area (Å²) in [6, 6.07) is 17.4. The van der Waals surface area contributed by atoms with E-state index in [-0.39, 0.29) is 28.7 Å². The van der Waals surface area contributed by atoms with Gasteiger partial charge in [-0.1, -0.05) is 54.2 Å². The monoisotopic (exact) mass is 444 g/mol. The Hall–Kier alpha value is -2.32. The molecule has 0 unspecified atom stereocenters. The zero-order valence-electron chi connectivity index (χ0n) is 16.7. The third kappa shape index (κ3) is 4.87. The summed E-state index contributed by atoms with van der Waals surface area (Å²) in [5.74, 6) is 0.798. The Kier molecular flexibility index (Phi) is 6.15. The molecule has 0 bridgehead atoms. The summed E-state index contributed by atoms with van der Waals surface area (Å²) < 4.78 is 29.6. The predicted molar refractivity (Wildman–Crippen MR) is 120 cm³/mol. The molecule has 2 aliphatic heterocycles. The van der Waals surface area contributed by atoms with Crippen LogP contribution in [0.2, 0.25) is 0 Å². The van der Waals surface area contributed by atoms with Crippen molar-refractivity contribution in [2.24, 2.45) is 4.99 Å². The van der Waals surface area contributed by atoms with Crippen molar-refractivity contribution >= 4 is 32.7 Å². The highest BCUT2D eigenvalue weighted by atomic mass is 32.2. The third-order valence-electron chi connectivity index (χ3n) is 5.35. The normalized spacial score (nSPS) is 23.5. The van der Waals surface area contributed by atoms with Crippen LogP contribution in [0.5, 0.6) is 5.75 Å². The Balaban J connectivity index is 1.52. The smallest absolute Gasteiger partial charge is 0.248 e. The molecule has 0 saturated carbocycles. The lowest BCUT2D eigenvalue weighted by Gasteiger charge is -2.24. The number of carbonyl (C=O) groups is 1. The number of methoxy groups -OCH3 is 1. The maximum absolute atomic E-state index is 12.6. The molecule has 2 aromatic carbocycles. The maximum atomic E-state index is 12.6. The fraction of sp³-hybridized carbons (Fsp3) is 0.364. The van der Waals surface area contributed by atoms with E-state index in [4.69, 9.17) is 4.74 Å². The van der Waals surface area contributed by atoms with Gasteiger partial charge in [0.1, 0.15) is 5.75 Å². The number of ether oxygens (including phenoxy) is 1. The number of nitrogens with zero attached hydrogens (tertiary/aromatic N) is 2. The van der Waals surface area contributed by atoms with E-state index in [1.54, 1.807) is 7.11 Å². The highest BCUT2D eigenvalue weighted by Crippen LogP contribution is 2.39. The summed E-state index contributed by atoms with van der Waals surface area (Å²) in [4.78, 5) is 18.9. The van der Waals surface area contributed by atoms with Gasteiger partial charge in [0.15, 0.2) is 15.0 Å². The van der Waals surface area contributed by atoms with Crippen LogP contribution < -0.4 is 4.74 Å². The maximum Gasteiger partial charge on any atom is 0.248 e. The molecular weight excluding hydrogens is 420 g/mol. The Morgan fingerprint density at radius 2 is 1.90 bits per heavy atom. The van der Waals surface area contributed by atoms with Crippen molar-refractivity contribution in [3.63, 3.8) is 0 Å². The lowest BCUT2D eigenvalue weighted by atomic mass is 10.1. The number of sulfone groups is 1. The van der Waals surface area contributed by atoms with Gasteiger partial charge in [0.2, 0.25) is 5.91 Å². The van der Waals surface area contributed by atoms with Gasteiger partial charge in [0.25, 0.3) is 0 Å². The summed E-state index contributed by atoms with van der Waals surface area (Å²) in [5, 5.41) is 0.544. The van der Waals surface area contributed by atoms with Crippen LogP contribution in [0.15, 0.2) is 59.6 Å². The first kappa shape index (κ1) is 20.9. The number of benzene rings is 2. The molecule has 8 heteroatoms. The second-order valence-corrected chi connectivity index (χ2v) is 10.9. The SMILES string of the molecule is COc1cccc(CN2C(=NC(=O)CCc3ccccc3)S[C@@H]3CS(=O)(=O)C[C@H]32)c1. The van der Waals surface area contributed by atoms with Gasteiger partial charge in [0.05, 0.1) is 24.7 Å². The van der Waals surface area contributed by atoms with Crippen LogP contribution in [0.25, 0.3) is 0 Å². The molecule has 0 spiro atoms. The molecule has 158 valence electrons. The van der Waals surface area contributed by atoms with Crippen molar-refractivity contribution in [3.05, 3.63) is 65.7 Å². The van der Waals surface area contributed by atoms with E-state index in [9.17, 15) is 13.2 Å². The number of carbonyl (C=O) groups excluding carboxylic acids is 1. The highest BCUT2D eigenvalue weighted by molar-refractivity contribution is 8.15. The summed E-state index contributed by atoms with van der Waals surface area (Å²) in [5.41, 5.74) is 2.09. The minimum Gasteiger partial charge on any atom is -0.497 e. The van der Waals surface area contributed by atoms with E-state index in [1.165, 1.54) is 11.8 Å². The molecular formula is C22H24N2O4S2. The fourth-order valence-electron chi connectivity index (χ4n) is 3.85. The Morgan fingerprint density at radius 3 is 2.67 bits per heavy atom. The molecule has 0 radical (unpaired) electrons. The van der Waals surface area contributed by atoms with E-state index >= 15 is 0 Å². The molecule has 2 atom stereocenters. The van der Waals surface area contributed by atoms with Gasteiger partial charge in [-0.15, -0.1) is 0 Å². The molecule has 4 rings (SSSR count). The van der Waals surface area contributed by atoms with Gasteiger partial charge in [-0.05, 0) is 29.7 Å². The van der Waals surface area contributed by atoms with Crippen LogP contribution in [-0.4, -0.2) is 54.3 Å². The minimum absolute atomic E-state index is 0.0821. The fourth-order valence-corrected chi connectivity index (χ4v) is 7.81. The lowest BCUT2D eigenvalue weighted by Crippen LogP contribution is -2.37. The summed E-state index contributed by atoms with van der Waals surface area (Å²) in [6.07, 6.45) is 0.965. The van der Waals surface area contributed by atoms with Crippen LogP contribution in [-0.2, 0) is 27.6 Å². The number of thioether (sulfide) groups is 1. The largest absolute Gasteiger partial charge is 0.497 e. The van der Waals surface area contributed by atoms with E-state index in [1.807, 2.05) is 59.5 Å². The minimum atomic E-state index is -3.07. The molecule has 0 N–H and O–H groups in total. The van der Waals surface area contributed by atoms with Gasteiger partial charge in [-0.25, -0.2) is 8.42 Å². The number of rotatable bonds is 6. The van der Waals surface area contributed by atoms with E-state index in [0.29, 0.717) is 24.6 Å². The highest BCUT2D eigenvalue weighted by Gasteiger charge is 2.48. The molecule has 1 amide bonds. The van der Waals surface area contributed by atoms with Crippen LogP contribution in [0, 0.1) is 0 Å². The molecule has 6 nitrogen and oxygen atoms in total. The summed E-state index contributed by atoms with van der Waals surface area (Å²) in [7, 11) is -1.46. The van der Waals surface area contributed by atoms with Crippen molar-refractivity contribution < 1.29 is 17.9 Å². The standard InChI is InChI=1S/C22H24N2O4S2/c1-28-18-9-5-8-17(12-18)13-24-19-14-30(26,27)15-20(19)29-22(24)23-21(25)11-10-16-6-3-2-4-7-16/h2-9,12,19-20H,10-11,13-15H2,1H3/t19-,20-/m1/s1. The van der Waals surface area contributed by atoms with Gasteiger partial charge >= 0.3 is 0 Å². The van der Waals surface area contributed by atoms with Gasteiger partial charge < -0.3 is 9.64 Å². The van der Waals surface area contributed by atoms with Crippen molar-refractivity contribution in [3.8, 4) is 5.75 Å². The molecule has 2 aliphatic rings. The second-order valence-electron chi connectivity index (χ2n) is 7.55. The number of aryl methyl sites for hydroxylation is 1. The quantitative estimate of drug-likeness (QED) is 0.682. The number of amidine groups is 1. The van der Waals surface area contributed by atoms with Crippen molar-refractivity contribution in [2.45, 2.75) is 30.7 Å². The van der Waals surface area contributed by atoms with Gasteiger partial charge in [0, 0.05) is 18.2 Å². The Labute approximate surface area is 181 Å². The Morgan fingerprint density at radius 1 is 1.13 bits per heavy atom. The first-order chi connectivity index (χ1) is 14.4. The summed E-state index contributed by atoms with van der Waals surface area (Å²) in [6.45, 7) is 0.492. The van der Waals surface area contributed by atoms with Crippen molar-refractivity contribution in [2.75, 3.05) is 18.6 Å². The second kappa shape index (κ2) is 8.81. The van der Waals surface area contributed by atoms with Crippen molar-refractivity contribution in [1.82, 2.24) is 4.90 Å². The average Bonchev–Trinajstić information content (AvgIpc) is 3.19. The van der Waals surface area contributed by atoms with Crippen LogP contribution in [0.3, 0.4) is 0 Å². The number of fused-ring (bicyclic) bond motifs is 1. The van der Waals surface area contributed by atoms with Crippen LogP contribution >= 0.6 is 11.8 Å². The predicted octanol–water partition coefficient (Wildman–Crippen LogP) is 2.93. The number of aliphatic imine (C=N–C) groups is 1. The molecule has 2 saturated heterocycles. The zero-order valence-corrected chi connectivity index (χ0v) is 18.4. The average molecular weight is 445 g/mol. The van der Waals surface area contributed by atoms with E-state index < -0.39 is 9.84 Å². The van der Waals surface area contributed by atoms with Gasteiger partial charge in [-0.3, -0.25) is 4.79 Å². The number of amides is 1. The Bertz CT molecular complexity index is 1050. The molecule has 30 heavy (non-hydrogen) atoms. The first-order valence-corrected chi connectivity index (χ1v) is 12.6. The molecule has 0 aromatic heterocycles. The molecule has 0 aliphatic carbocycles. The van der Waals surface area contributed by atoms with E-state index in [0.717, 1.165) is 16.9 Å². The topological polar surface area (TPSA) is 76.0 Å². The number of hydrogen-bond acceptors (Lipinski definition) is 5. The zero-order chi connectivity index (χ0) is 21.1. The third-order valence-corrected chi connectivity index (χ3v) is 8.60. The van der Waals surface area contributed by atoms with Crippen LogP contribution in [0.1, 0.15) is 17.5 Å². The first-order valence-electron chi connectivity index (χ1n) is 9.85. The van der Waals surface area contributed by atoms with Crippen LogP contribution in [0.4, 0.5) is 0 Å².